The lowest BCUT2D eigenvalue weighted by Gasteiger charge is -2.08. The SMILES string of the molecule is Cc1nc(NC(=O)c2ccncc2F)c(Cl)cc1Cl. The fraction of sp³-hybridized carbons (Fsp3) is 0.0833. The third-order valence-electron chi connectivity index (χ3n) is 2.35. The number of hydrogen-bond acceptors (Lipinski definition) is 3. The molecule has 2 rings (SSSR count). The van der Waals surface area contributed by atoms with Crippen molar-refractivity contribution in [2.24, 2.45) is 0 Å². The standard InChI is InChI=1S/C12H8Cl2FN3O/c1-6-8(13)4-9(14)11(17-6)18-12(19)7-2-3-16-5-10(7)15/h2-5H,1H3,(H,17,18,19). The van der Waals surface area contributed by atoms with Crippen LogP contribution in [0.15, 0.2) is 24.5 Å². The van der Waals surface area contributed by atoms with Gasteiger partial charge in [0.05, 0.1) is 27.5 Å². The van der Waals surface area contributed by atoms with E-state index >= 15 is 0 Å². The summed E-state index contributed by atoms with van der Waals surface area (Å²) in [5.41, 5.74) is 0.372. The molecule has 1 amide bonds. The zero-order valence-electron chi connectivity index (χ0n) is 9.75. The van der Waals surface area contributed by atoms with Gasteiger partial charge in [-0.05, 0) is 19.1 Å². The molecule has 4 nitrogen and oxygen atoms in total. The zero-order chi connectivity index (χ0) is 14.0. The molecule has 1 N–H and O–H groups in total. The van der Waals surface area contributed by atoms with E-state index in [1.165, 1.54) is 18.3 Å². The van der Waals surface area contributed by atoms with Gasteiger partial charge in [0.1, 0.15) is 0 Å². The van der Waals surface area contributed by atoms with Crippen molar-refractivity contribution in [2.45, 2.75) is 6.92 Å². The van der Waals surface area contributed by atoms with Gasteiger partial charge in [-0.15, -0.1) is 0 Å². The number of pyridine rings is 2. The highest BCUT2D eigenvalue weighted by Gasteiger charge is 2.14. The summed E-state index contributed by atoms with van der Waals surface area (Å²) in [6.07, 6.45) is 2.28. The summed E-state index contributed by atoms with van der Waals surface area (Å²) < 4.78 is 13.4. The number of rotatable bonds is 2. The molecule has 0 saturated heterocycles. The molecule has 0 saturated carbocycles. The number of nitrogens with one attached hydrogen (secondary N) is 1. The monoisotopic (exact) mass is 299 g/mol. The van der Waals surface area contributed by atoms with E-state index in [1.54, 1.807) is 6.92 Å². The smallest absolute Gasteiger partial charge is 0.259 e. The molecule has 98 valence electrons. The van der Waals surface area contributed by atoms with Crippen LogP contribution in [0.4, 0.5) is 10.2 Å². The molecule has 0 fully saturated rings. The Morgan fingerprint density at radius 1 is 1.37 bits per heavy atom. The molecule has 2 heterocycles. The molecule has 0 aliphatic heterocycles. The number of carbonyl (C=O) groups is 1. The summed E-state index contributed by atoms with van der Waals surface area (Å²) in [6, 6.07) is 2.73. The molecule has 0 atom stereocenters. The van der Waals surface area contributed by atoms with Gasteiger partial charge in [0.2, 0.25) is 0 Å². The first-order chi connectivity index (χ1) is 8.99. The summed E-state index contributed by atoms with van der Waals surface area (Å²) >= 11 is 11.7. The number of anilines is 1. The molecule has 7 heteroatoms. The normalized spacial score (nSPS) is 10.3. The maximum Gasteiger partial charge on any atom is 0.259 e. The molecule has 0 bridgehead atoms. The van der Waals surface area contributed by atoms with Crippen molar-refractivity contribution in [1.82, 2.24) is 9.97 Å². The molecule has 2 aromatic heterocycles. The summed E-state index contributed by atoms with van der Waals surface area (Å²) in [5, 5.41) is 2.99. The summed E-state index contributed by atoms with van der Waals surface area (Å²) in [6.45, 7) is 1.67. The number of aryl methyl sites for hydroxylation is 1. The lowest BCUT2D eigenvalue weighted by molar-refractivity contribution is 0.102. The Kier molecular flexibility index (Phi) is 3.97. The fourth-order valence-electron chi connectivity index (χ4n) is 1.38. The Morgan fingerprint density at radius 2 is 2.11 bits per heavy atom. The zero-order valence-corrected chi connectivity index (χ0v) is 11.3. The van der Waals surface area contributed by atoms with Gasteiger partial charge in [0, 0.05) is 6.20 Å². The molecule has 0 unspecified atom stereocenters. The van der Waals surface area contributed by atoms with E-state index in [4.69, 9.17) is 23.2 Å². The van der Waals surface area contributed by atoms with Crippen molar-refractivity contribution in [3.8, 4) is 0 Å². The van der Waals surface area contributed by atoms with Crippen molar-refractivity contribution in [3.63, 3.8) is 0 Å². The highest BCUT2D eigenvalue weighted by molar-refractivity contribution is 6.36. The second kappa shape index (κ2) is 5.50. The van der Waals surface area contributed by atoms with E-state index in [0.717, 1.165) is 6.20 Å². The molecule has 0 spiro atoms. The van der Waals surface area contributed by atoms with Crippen LogP contribution in [-0.4, -0.2) is 15.9 Å². The van der Waals surface area contributed by atoms with Gasteiger partial charge in [-0.25, -0.2) is 9.37 Å². The van der Waals surface area contributed by atoms with Crippen LogP contribution in [-0.2, 0) is 0 Å². The minimum absolute atomic E-state index is 0.129. The lowest BCUT2D eigenvalue weighted by atomic mass is 10.2. The van der Waals surface area contributed by atoms with Gasteiger partial charge >= 0.3 is 0 Å². The van der Waals surface area contributed by atoms with Gasteiger partial charge in [0.25, 0.3) is 5.91 Å². The first kappa shape index (κ1) is 13.7. The Balaban J connectivity index is 2.30. The second-order valence-corrected chi connectivity index (χ2v) is 4.51. The highest BCUT2D eigenvalue weighted by Crippen LogP contribution is 2.26. The number of halogens is 3. The van der Waals surface area contributed by atoms with Gasteiger partial charge < -0.3 is 5.32 Å². The van der Waals surface area contributed by atoms with E-state index in [-0.39, 0.29) is 16.4 Å². The second-order valence-electron chi connectivity index (χ2n) is 3.70. The van der Waals surface area contributed by atoms with Crippen LogP contribution in [0.2, 0.25) is 10.0 Å². The third-order valence-corrected chi connectivity index (χ3v) is 3.02. The molecule has 0 radical (unpaired) electrons. The van der Waals surface area contributed by atoms with Crippen LogP contribution in [0, 0.1) is 12.7 Å². The van der Waals surface area contributed by atoms with Gasteiger partial charge in [-0.2, -0.15) is 0 Å². The Bertz CT molecular complexity index is 649. The molecule has 0 aliphatic carbocycles. The van der Waals surface area contributed by atoms with Crippen LogP contribution in [0.1, 0.15) is 16.1 Å². The van der Waals surface area contributed by atoms with Crippen molar-refractivity contribution in [2.75, 3.05) is 5.32 Å². The van der Waals surface area contributed by atoms with Crippen LogP contribution in [0.5, 0.6) is 0 Å². The molecular weight excluding hydrogens is 292 g/mol. The number of hydrogen-bond donors (Lipinski definition) is 1. The quantitative estimate of drug-likeness (QED) is 0.923. The molecule has 0 aromatic carbocycles. The maximum atomic E-state index is 13.4. The van der Waals surface area contributed by atoms with Gasteiger partial charge in [-0.3, -0.25) is 9.78 Å². The Morgan fingerprint density at radius 3 is 2.79 bits per heavy atom. The van der Waals surface area contributed by atoms with E-state index in [2.05, 4.69) is 15.3 Å². The fourth-order valence-corrected chi connectivity index (χ4v) is 1.79. The van der Waals surface area contributed by atoms with Crippen LogP contribution in [0.3, 0.4) is 0 Å². The van der Waals surface area contributed by atoms with Crippen molar-refractivity contribution in [1.29, 1.82) is 0 Å². The van der Waals surface area contributed by atoms with E-state index < -0.39 is 11.7 Å². The summed E-state index contributed by atoms with van der Waals surface area (Å²) in [7, 11) is 0. The van der Waals surface area contributed by atoms with Crippen LogP contribution >= 0.6 is 23.2 Å². The largest absolute Gasteiger partial charge is 0.305 e. The predicted molar refractivity (Wildman–Crippen MR) is 71.1 cm³/mol. The van der Waals surface area contributed by atoms with Gasteiger partial charge in [-0.1, -0.05) is 23.2 Å². The minimum Gasteiger partial charge on any atom is -0.305 e. The average Bonchev–Trinajstić information content (AvgIpc) is 2.36. The Hall–Kier alpha value is -1.72. The number of amides is 1. The van der Waals surface area contributed by atoms with Crippen LogP contribution < -0.4 is 5.32 Å². The third kappa shape index (κ3) is 3.00. The molecule has 19 heavy (non-hydrogen) atoms. The average molecular weight is 300 g/mol. The maximum absolute atomic E-state index is 13.4. The number of nitrogens with zero attached hydrogens (tertiary/aromatic N) is 2. The molecular formula is C12H8Cl2FN3O. The molecule has 0 aliphatic rings. The summed E-state index contributed by atoms with van der Waals surface area (Å²) in [5.74, 6) is -1.25. The first-order valence-corrected chi connectivity index (χ1v) is 5.98. The van der Waals surface area contributed by atoms with Crippen molar-refractivity contribution >= 4 is 34.9 Å². The molecule has 2 aromatic rings. The topological polar surface area (TPSA) is 54.9 Å². The highest BCUT2D eigenvalue weighted by atomic mass is 35.5. The van der Waals surface area contributed by atoms with E-state index in [0.29, 0.717) is 10.7 Å². The van der Waals surface area contributed by atoms with Crippen LogP contribution in [0.25, 0.3) is 0 Å². The predicted octanol–water partition coefficient (Wildman–Crippen LogP) is 3.48. The number of aromatic nitrogens is 2. The Labute approximate surface area is 118 Å². The van der Waals surface area contributed by atoms with Crippen molar-refractivity contribution < 1.29 is 9.18 Å². The number of carbonyl (C=O) groups excluding carboxylic acids is 1. The summed E-state index contributed by atoms with van der Waals surface area (Å²) in [4.78, 5) is 19.5. The van der Waals surface area contributed by atoms with E-state index in [9.17, 15) is 9.18 Å². The first-order valence-electron chi connectivity index (χ1n) is 5.22. The van der Waals surface area contributed by atoms with Gasteiger partial charge in [0.15, 0.2) is 11.6 Å². The van der Waals surface area contributed by atoms with E-state index in [1.807, 2.05) is 0 Å². The lowest BCUT2D eigenvalue weighted by Crippen LogP contribution is -2.15. The minimum atomic E-state index is -0.721. The van der Waals surface area contributed by atoms with Crippen molar-refractivity contribution in [3.05, 3.63) is 51.6 Å².